The Bertz CT molecular complexity index is 5920. The summed E-state index contributed by atoms with van der Waals surface area (Å²) in [5.41, 5.74) is 84.7. The first-order valence-corrected chi connectivity index (χ1v) is 32.7. The molecule has 0 bridgehead atoms. The number of aryl methyl sites for hydroxylation is 6. The summed E-state index contributed by atoms with van der Waals surface area (Å²) in [4.78, 5) is 80.8. The summed E-state index contributed by atoms with van der Waals surface area (Å²) in [5.74, 6) is 0. The molecule has 0 saturated carbocycles. The summed E-state index contributed by atoms with van der Waals surface area (Å²) >= 11 is 3.35. The lowest BCUT2D eigenvalue weighted by Crippen LogP contribution is -2.01. The lowest BCUT2D eigenvalue weighted by atomic mass is 10.1. The van der Waals surface area contributed by atoms with Crippen LogP contribution in [0.3, 0.4) is 0 Å². The number of benzene rings is 9. The Labute approximate surface area is 612 Å². The monoisotopic (exact) mass is 1480 g/mol. The predicted molar refractivity (Wildman–Crippen MR) is 426 cm³/mol. The molecular weight excluding hydrogens is 1410 g/mol. The number of halogens is 1. The maximum absolute atomic E-state index is 11.2. The van der Waals surface area contributed by atoms with Crippen LogP contribution in [0.1, 0.15) is 34.2 Å². The number of aromatic nitrogens is 14. The number of nitrogen functional groups attached to an aromatic ring is 11. The second-order valence-electron chi connectivity index (χ2n) is 23.4. The number of nitrogens with zero attached hydrogens (tertiary/aromatic N) is 16. The fourth-order valence-electron chi connectivity index (χ4n) is 10.4. The fraction of sp³-hybridized carbons (Fsp3) is 0.0811. The van der Waals surface area contributed by atoms with Gasteiger partial charge in [-0.15, -0.1) is 0 Å². The number of nitro benzene ring substituents is 2. The zero-order chi connectivity index (χ0) is 76.2. The third-order valence-electron chi connectivity index (χ3n) is 15.9. The van der Waals surface area contributed by atoms with Gasteiger partial charge in [0.05, 0.1) is 144 Å². The van der Waals surface area contributed by atoms with Crippen LogP contribution in [0.5, 0.6) is 0 Å². The van der Waals surface area contributed by atoms with Crippen LogP contribution in [-0.4, -0.2) is 79.6 Å². The van der Waals surface area contributed by atoms with Gasteiger partial charge in [0.25, 0.3) is 0 Å². The molecule has 0 unspecified atom stereocenters. The van der Waals surface area contributed by atoms with Gasteiger partial charge in [0.2, 0.25) is 0 Å². The average molecular weight is 1480 g/mol. The van der Waals surface area contributed by atoms with Crippen molar-refractivity contribution < 1.29 is 9.85 Å². The van der Waals surface area contributed by atoms with E-state index in [9.17, 15) is 20.2 Å². The van der Waals surface area contributed by atoms with Crippen LogP contribution in [0.25, 0.3) is 99.7 Å². The highest BCUT2D eigenvalue weighted by Crippen LogP contribution is 2.35. The number of hydrogen-bond donors (Lipinski definition) is 11. The van der Waals surface area contributed by atoms with Gasteiger partial charge in [-0.05, 0) is 142 Å². The Balaban J connectivity index is 0.000000134. The lowest BCUT2D eigenvalue weighted by Gasteiger charge is -2.09. The Kier molecular flexibility index (Phi) is 22.7. The van der Waals surface area contributed by atoms with Crippen molar-refractivity contribution in [2.24, 2.45) is 0 Å². The summed E-state index contributed by atoms with van der Waals surface area (Å²) in [6, 6.07) is 43.5. The van der Waals surface area contributed by atoms with E-state index >= 15 is 0 Å². The van der Waals surface area contributed by atoms with E-state index in [1.807, 2.05) is 120 Å². The smallest absolute Gasteiger partial charge is 0.319 e. The Morgan fingerprint density at radius 3 is 1.07 bits per heavy atom. The van der Waals surface area contributed by atoms with Gasteiger partial charge in [-0.1, -0.05) is 60.7 Å². The van der Waals surface area contributed by atoms with E-state index in [1.54, 1.807) is 86.4 Å². The predicted octanol–water partition coefficient (Wildman–Crippen LogP) is 12.6. The van der Waals surface area contributed by atoms with E-state index in [0.29, 0.717) is 101 Å². The van der Waals surface area contributed by atoms with E-state index in [-0.39, 0.29) is 33.8 Å². The molecule has 0 saturated heterocycles. The molecule has 32 heteroatoms. The molecule has 16 rings (SSSR count). The fourth-order valence-corrected chi connectivity index (χ4v) is 10.8. The van der Waals surface area contributed by atoms with Gasteiger partial charge in [0, 0.05) is 54.0 Å². The first kappa shape index (κ1) is 74.1. The van der Waals surface area contributed by atoms with Gasteiger partial charge in [0.1, 0.15) is 39.0 Å². The first-order chi connectivity index (χ1) is 50.7. The highest BCUT2D eigenvalue weighted by Gasteiger charge is 2.22. The lowest BCUT2D eigenvalue weighted by molar-refractivity contribution is -0.382. The molecule has 0 aliphatic rings. The number of anilines is 11. The molecule has 7 aromatic heterocycles. The SMILES string of the molecule is Cc1cnc2c(N)c(N)ccc2n1.Cc1cnc2c([N+](=O)[O-])c(N)ccc2n1.Cc1nc2ccc(N)c(N)c2nc1-c1ccccc1.Cc1nc2ccc(N)c(N)c2nc1C.Cc1nc2ccc(N)c([N+](=O)[O-])c2nc1-c1ccccc1.Nc1ccc2nccnc2c1Br.Nc1ccc2nccnc2c1N. The van der Waals surface area contributed by atoms with E-state index < -0.39 is 9.85 Å². The van der Waals surface area contributed by atoms with Crippen molar-refractivity contribution in [2.45, 2.75) is 41.5 Å². The zero-order valence-corrected chi connectivity index (χ0v) is 59.4. The van der Waals surface area contributed by atoms with Gasteiger partial charge < -0.3 is 63.1 Å². The number of nitro groups is 2. The molecule has 22 N–H and O–H groups in total. The highest BCUT2D eigenvalue weighted by atomic mass is 79.9. The van der Waals surface area contributed by atoms with E-state index in [4.69, 9.17) is 63.1 Å². The minimum Gasteiger partial charge on any atom is -0.398 e. The molecule has 7 heterocycles. The Hall–Kier alpha value is -14.6. The third-order valence-corrected chi connectivity index (χ3v) is 16.8. The zero-order valence-electron chi connectivity index (χ0n) is 57.8. The van der Waals surface area contributed by atoms with Crippen LogP contribution in [0.2, 0.25) is 0 Å². The van der Waals surface area contributed by atoms with Crippen molar-refractivity contribution in [3.05, 3.63) is 242 Å². The Morgan fingerprint density at radius 1 is 0.292 bits per heavy atom. The topological polar surface area (TPSA) is 553 Å². The number of fused-ring (bicyclic) bond motifs is 7. The van der Waals surface area contributed by atoms with Crippen LogP contribution in [0.15, 0.2) is 187 Å². The molecule has 0 spiro atoms. The van der Waals surface area contributed by atoms with E-state index in [0.717, 1.165) is 77.2 Å². The number of hydrogen-bond acceptors (Lipinski definition) is 29. The molecule has 0 aliphatic heterocycles. The second kappa shape index (κ2) is 32.4. The van der Waals surface area contributed by atoms with Gasteiger partial charge in [-0.3, -0.25) is 45.1 Å². The summed E-state index contributed by atoms with van der Waals surface area (Å²) < 4.78 is 0.813. The molecule has 0 atom stereocenters. The molecule has 0 radical (unpaired) electrons. The maximum atomic E-state index is 11.2. The number of nitrogens with two attached hydrogens (primary N) is 11. The summed E-state index contributed by atoms with van der Waals surface area (Å²) in [6.45, 7) is 11.3. The van der Waals surface area contributed by atoms with Gasteiger partial charge in [-0.2, -0.15) is 0 Å². The van der Waals surface area contributed by atoms with E-state index in [1.165, 1.54) is 18.3 Å². The van der Waals surface area contributed by atoms with Crippen LogP contribution < -0.4 is 63.1 Å². The standard InChI is InChI=1S/C15H12N4O2.C15H14N4.C10H12N4.C9H8N4O2.C9H10N4.C8H6BrN3.C8H8N4/c1-9-13(10-5-3-2-4-6-10)18-14-12(17-9)8-7-11(16)15(14)19(20)21;1-9-14(10-5-3-2-4-6-10)19-15-12(18-9)8-7-11(16)13(15)17;1-5-6(2)14-10-8(13-5)4-3-7(11)9(10)12;1-5-4-11-8-7(12-5)3-2-6(10)9(8)13(14)15;1-5-4-12-9-7(13-5)3-2-6(10)8(9)11;9-7-5(10)1-2-6-8(7)12-4-3-11-6;9-5-1-2-6-8(7(5)10)12-4-3-11-6/h2-8H,16H2,1H3;2-8H,16-17H2,1H3;3-4H,11-12H2,1-2H3;2-4H,10H2,1H3;2-4H,10-11H2,1H3;1-4H,10H2;1-4H,9-10H2. The largest absolute Gasteiger partial charge is 0.398 e. The van der Waals surface area contributed by atoms with Crippen molar-refractivity contribution in [3.8, 4) is 22.5 Å². The molecule has 106 heavy (non-hydrogen) atoms. The second-order valence-corrected chi connectivity index (χ2v) is 24.2. The highest BCUT2D eigenvalue weighted by molar-refractivity contribution is 9.10. The molecule has 9 aromatic carbocycles. The van der Waals surface area contributed by atoms with Crippen molar-refractivity contribution in [1.82, 2.24) is 69.8 Å². The Morgan fingerprint density at radius 2 is 0.604 bits per heavy atom. The van der Waals surface area contributed by atoms with Gasteiger partial charge in [-0.25, -0.2) is 44.9 Å². The minimum absolute atomic E-state index is 0.0877. The summed E-state index contributed by atoms with van der Waals surface area (Å²) in [7, 11) is 0. The summed E-state index contributed by atoms with van der Waals surface area (Å²) in [5, 5.41) is 22.0. The van der Waals surface area contributed by atoms with Crippen molar-refractivity contribution in [2.75, 3.05) is 63.1 Å². The number of rotatable bonds is 4. The van der Waals surface area contributed by atoms with Crippen molar-refractivity contribution >= 4 is 167 Å². The molecule has 0 aliphatic carbocycles. The van der Waals surface area contributed by atoms with Crippen molar-refractivity contribution in [1.29, 1.82) is 0 Å². The van der Waals surface area contributed by atoms with E-state index in [2.05, 4.69) is 85.7 Å². The molecule has 0 amide bonds. The summed E-state index contributed by atoms with van der Waals surface area (Å²) in [6.07, 6.45) is 9.68. The van der Waals surface area contributed by atoms with Crippen LogP contribution in [0.4, 0.5) is 73.9 Å². The quantitative estimate of drug-likeness (QED) is 0.0443. The molecule has 31 nitrogen and oxygen atoms in total. The molecule has 0 fully saturated rings. The third kappa shape index (κ3) is 16.7. The van der Waals surface area contributed by atoms with Gasteiger partial charge in [0.15, 0.2) is 11.0 Å². The normalized spacial score (nSPS) is 10.6. The first-order valence-electron chi connectivity index (χ1n) is 32.0. The molecule has 532 valence electrons. The molecule has 16 aromatic rings. The van der Waals surface area contributed by atoms with Crippen LogP contribution in [0, 0.1) is 61.8 Å². The maximum Gasteiger partial charge on any atom is 0.319 e. The minimum atomic E-state index is -0.540. The van der Waals surface area contributed by atoms with Gasteiger partial charge >= 0.3 is 11.4 Å². The average Bonchev–Trinajstić information content (AvgIpc) is 0.780. The van der Waals surface area contributed by atoms with Crippen LogP contribution >= 0.6 is 15.9 Å². The van der Waals surface area contributed by atoms with Crippen molar-refractivity contribution in [3.63, 3.8) is 0 Å². The van der Waals surface area contributed by atoms with Crippen LogP contribution in [-0.2, 0) is 0 Å². The molecular formula is C74H70BrN27O4.